The fraction of sp³-hybridized carbons (Fsp3) is 0.971. The Balaban J connectivity index is 6.25. The molecule has 0 saturated heterocycles. The third-order valence-electron chi connectivity index (χ3n) is 11.0. The van der Waals surface area contributed by atoms with Crippen molar-refractivity contribution in [2.45, 2.75) is 195 Å². The van der Waals surface area contributed by atoms with Gasteiger partial charge >= 0.3 is 0 Å². The predicted molar refractivity (Wildman–Crippen MR) is 189 cm³/mol. The summed E-state index contributed by atoms with van der Waals surface area (Å²) < 4.78 is 20.7. The molecule has 0 rings (SSSR count). The molecule has 0 aliphatic carbocycles. The number of rotatable bonds is 17. The van der Waals surface area contributed by atoms with Gasteiger partial charge in [0, 0.05) is 18.4 Å². The van der Waals surface area contributed by atoms with Gasteiger partial charge in [-0.25, -0.2) is 0 Å². The van der Waals surface area contributed by atoms with Crippen molar-refractivity contribution in [3.8, 4) is 0 Å². The molecule has 0 radical (unpaired) electrons. The van der Waals surface area contributed by atoms with E-state index in [1.165, 1.54) is 19.3 Å². The maximum atomic E-state index is 14.4. The fourth-order valence-electron chi connectivity index (χ4n) is 4.18. The summed E-state index contributed by atoms with van der Waals surface area (Å²) in [6, 6.07) is 0. The molecular formula is C34H74O4Si3. The van der Waals surface area contributed by atoms with E-state index in [0.29, 0.717) is 18.9 Å². The van der Waals surface area contributed by atoms with Crippen LogP contribution in [0.5, 0.6) is 0 Å². The molecule has 3 atom stereocenters. The van der Waals surface area contributed by atoms with Crippen LogP contribution in [0.1, 0.15) is 129 Å². The van der Waals surface area contributed by atoms with Crippen molar-refractivity contribution < 1.29 is 18.1 Å². The number of carbonyl (C=O) groups is 1. The van der Waals surface area contributed by atoms with Crippen LogP contribution >= 0.6 is 0 Å². The Morgan fingerprint density at radius 1 is 0.659 bits per heavy atom. The monoisotopic (exact) mass is 630 g/mol. The molecule has 0 aliphatic rings. The third kappa shape index (κ3) is 12.3. The van der Waals surface area contributed by atoms with Crippen LogP contribution in [-0.4, -0.2) is 49.6 Å². The summed E-state index contributed by atoms with van der Waals surface area (Å²) in [6.45, 7) is 43.8. The van der Waals surface area contributed by atoms with Gasteiger partial charge in [-0.3, -0.25) is 4.79 Å². The lowest BCUT2D eigenvalue weighted by Crippen LogP contribution is -2.52. The average molecular weight is 631 g/mol. The van der Waals surface area contributed by atoms with Gasteiger partial charge in [0.25, 0.3) is 0 Å². The van der Waals surface area contributed by atoms with Gasteiger partial charge in [0.15, 0.2) is 25.0 Å². The van der Waals surface area contributed by atoms with E-state index >= 15 is 0 Å². The normalized spacial score (nSPS) is 17.0. The molecule has 246 valence electrons. The van der Waals surface area contributed by atoms with Gasteiger partial charge in [0.2, 0.25) is 0 Å². The van der Waals surface area contributed by atoms with Gasteiger partial charge < -0.3 is 13.3 Å². The van der Waals surface area contributed by atoms with Crippen LogP contribution in [0, 0.1) is 11.3 Å². The van der Waals surface area contributed by atoms with Crippen molar-refractivity contribution in [3.05, 3.63) is 0 Å². The molecule has 0 aliphatic heterocycles. The molecule has 41 heavy (non-hydrogen) atoms. The summed E-state index contributed by atoms with van der Waals surface area (Å²) in [5, 5.41) is 0.310. The Labute approximate surface area is 261 Å². The van der Waals surface area contributed by atoms with Gasteiger partial charge in [-0.2, -0.15) is 0 Å². The van der Waals surface area contributed by atoms with Gasteiger partial charge in [-0.1, -0.05) is 109 Å². The van der Waals surface area contributed by atoms with Crippen LogP contribution in [0.3, 0.4) is 0 Å². The van der Waals surface area contributed by atoms with Crippen molar-refractivity contribution >= 4 is 30.7 Å². The molecule has 0 unspecified atom stereocenters. The zero-order valence-electron chi connectivity index (χ0n) is 31.3. The molecule has 7 heteroatoms. The smallest absolute Gasteiger partial charge is 0.192 e. The Kier molecular flexibility index (Phi) is 15.1. The summed E-state index contributed by atoms with van der Waals surface area (Å²) in [7, 11) is -6.07. The SMILES string of the molecule is CCCCC[C@H](C)[C@H](CC(=O)C(C)(C)[C@H](CCO[Si](C)(C)C(C)(C)C)O[Si](C)(C)C(C)(C)C)O[Si](C)(C)C(C)(C)C. The van der Waals surface area contributed by atoms with E-state index in [1.807, 2.05) is 0 Å². The first-order chi connectivity index (χ1) is 18.0. The van der Waals surface area contributed by atoms with E-state index in [0.717, 1.165) is 12.8 Å². The van der Waals surface area contributed by atoms with Gasteiger partial charge in [-0.15, -0.1) is 0 Å². The largest absolute Gasteiger partial charge is 0.417 e. The maximum Gasteiger partial charge on any atom is 0.192 e. The van der Waals surface area contributed by atoms with E-state index in [-0.39, 0.29) is 33.1 Å². The van der Waals surface area contributed by atoms with E-state index in [9.17, 15) is 4.79 Å². The fourth-order valence-corrected chi connectivity index (χ4v) is 8.14. The first-order valence-electron chi connectivity index (χ1n) is 16.6. The molecule has 4 nitrogen and oxygen atoms in total. The summed E-state index contributed by atoms with van der Waals surface area (Å²) in [5.74, 6) is 0.608. The zero-order valence-corrected chi connectivity index (χ0v) is 34.3. The minimum Gasteiger partial charge on any atom is -0.417 e. The number of Topliss-reactive ketones (excluding diaryl/α,β-unsaturated/α-hetero) is 1. The summed E-state index contributed by atoms with van der Waals surface area (Å²) in [4.78, 5) is 14.4. The van der Waals surface area contributed by atoms with Crippen LogP contribution in [0.15, 0.2) is 0 Å². The Morgan fingerprint density at radius 2 is 1.10 bits per heavy atom. The Hall–Kier alpha value is 0.201. The van der Waals surface area contributed by atoms with Gasteiger partial charge in [0.1, 0.15) is 5.78 Å². The quantitative estimate of drug-likeness (QED) is 0.118. The molecule has 0 N–H and O–H groups in total. The minimum atomic E-state index is -2.12. The second-order valence-corrected chi connectivity index (χ2v) is 32.3. The Bertz CT molecular complexity index is 798. The molecule has 0 spiro atoms. The molecule has 0 aromatic rings. The molecule has 0 fully saturated rings. The summed E-state index contributed by atoms with van der Waals surface area (Å²) in [6.07, 6.45) is 5.66. The summed E-state index contributed by atoms with van der Waals surface area (Å²) in [5.41, 5.74) is -0.634. The number of hydrogen-bond acceptors (Lipinski definition) is 4. The highest BCUT2D eigenvalue weighted by molar-refractivity contribution is 6.75. The van der Waals surface area contributed by atoms with Crippen molar-refractivity contribution in [2.75, 3.05) is 6.61 Å². The first-order valence-corrected chi connectivity index (χ1v) is 25.3. The van der Waals surface area contributed by atoms with Crippen molar-refractivity contribution in [1.29, 1.82) is 0 Å². The molecule has 0 bridgehead atoms. The highest BCUT2D eigenvalue weighted by atomic mass is 28.4. The van der Waals surface area contributed by atoms with Crippen LogP contribution in [0.2, 0.25) is 54.4 Å². The average Bonchev–Trinajstić information content (AvgIpc) is 2.75. The molecule has 0 heterocycles. The van der Waals surface area contributed by atoms with Gasteiger partial charge in [0.05, 0.1) is 12.2 Å². The van der Waals surface area contributed by atoms with Crippen LogP contribution in [0.25, 0.3) is 0 Å². The maximum absolute atomic E-state index is 14.4. The van der Waals surface area contributed by atoms with E-state index in [4.69, 9.17) is 13.3 Å². The first kappa shape index (κ1) is 41.2. The lowest BCUT2D eigenvalue weighted by Gasteiger charge is -2.45. The van der Waals surface area contributed by atoms with E-state index in [1.54, 1.807) is 0 Å². The molecule has 0 saturated carbocycles. The van der Waals surface area contributed by atoms with Crippen LogP contribution in [-0.2, 0) is 18.1 Å². The number of ketones is 1. The molecule has 0 aromatic carbocycles. The second kappa shape index (κ2) is 15.0. The minimum absolute atomic E-state index is 0.0588. The van der Waals surface area contributed by atoms with Crippen molar-refractivity contribution in [3.63, 3.8) is 0 Å². The number of carbonyl (C=O) groups excluding carboxylic acids is 1. The highest BCUT2D eigenvalue weighted by Gasteiger charge is 2.47. The van der Waals surface area contributed by atoms with Crippen molar-refractivity contribution in [2.24, 2.45) is 11.3 Å². The van der Waals surface area contributed by atoms with Crippen LogP contribution in [0.4, 0.5) is 0 Å². The predicted octanol–water partition coefficient (Wildman–Crippen LogP) is 11.4. The number of unbranched alkanes of at least 4 members (excludes halogenated alkanes) is 2. The standard InChI is InChI=1S/C34H74O4Si3/c1-20-21-22-23-27(2)28(37-40(16,17)32(6,7)8)26-29(35)34(12,13)30(38-41(18,19)33(9,10)11)24-25-36-39(14,15)31(3,4)5/h27-28,30H,20-26H2,1-19H3/t27-,28-,30-/m0/s1. The topological polar surface area (TPSA) is 44.8 Å². The molecule has 0 amide bonds. The van der Waals surface area contributed by atoms with Crippen molar-refractivity contribution in [1.82, 2.24) is 0 Å². The Morgan fingerprint density at radius 3 is 1.51 bits per heavy atom. The lowest BCUT2D eigenvalue weighted by molar-refractivity contribution is -0.135. The summed E-state index contributed by atoms with van der Waals surface area (Å²) >= 11 is 0. The van der Waals surface area contributed by atoms with Gasteiger partial charge in [-0.05, 0) is 73.2 Å². The zero-order chi connectivity index (χ0) is 32.9. The van der Waals surface area contributed by atoms with E-state index < -0.39 is 30.4 Å². The second-order valence-electron chi connectivity index (χ2n) is 18.0. The molecule has 0 aromatic heterocycles. The highest BCUT2D eigenvalue weighted by Crippen LogP contribution is 2.43. The third-order valence-corrected chi connectivity index (χ3v) is 24.5. The number of hydrogen-bond donors (Lipinski definition) is 0. The lowest BCUT2D eigenvalue weighted by atomic mass is 9.77. The van der Waals surface area contributed by atoms with E-state index in [2.05, 4.69) is 129 Å². The van der Waals surface area contributed by atoms with Crippen LogP contribution < -0.4 is 0 Å². The molecular weight excluding hydrogens is 557 g/mol.